The zero-order chi connectivity index (χ0) is 17.2. The van der Waals surface area contributed by atoms with Gasteiger partial charge in [0.2, 0.25) is 0 Å². The Bertz CT molecular complexity index is 913. The van der Waals surface area contributed by atoms with Crippen molar-refractivity contribution >= 4 is 11.5 Å². The average molecular weight is 332 g/mol. The highest BCUT2D eigenvalue weighted by molar-refractivity contribution is 5.64. The van der Waals surface area contributed by atoms with Crippen molar-refractivity contribution in [3.63, 3.8) is 0 Å². The van der Waals surface area contributed by atoms with Gasteiger partial charge in [-0.3, -0.25) is 0 Å². The maximum Gasteiger partial charge on any atom is 0.154 e. The van der Waals surface area contributed by atoms with Gasteiger partial charge >= 0.3 is 0 Å². The second kappa shape index (κ2) is 6.54. The van der Waals surface area contributed by atoms with Crippen LogP contribution in [0.1, 0.15) is 31.2 Å². The van der Waals surface area contributed by atoms with E-state index in [-0.39, 0.29) is 0 Å². The standard InChI is InChI=1S/C19H20N6/c20-11-13-1-3-14(4-2-13)17-12-22-19-10-9-18(24-25(17)19)23-16-7-5-15(21)6-8-16/h1-4,9-10,12,15-16H,5-8,21H2,(H,23,24). The third kappa shape index (κ3) is 3.19. The number of nitrogens with two attached hydrogens (primary N) is 1. The molecule has 1 aromatic carbocycles. The summed E-state index contributed by atoms with van der Waals surface area (Å²) in [6.45, 7) is 0. The molecule has 0 unspecified atom stereocenters. The first kappa shape index (κ1) is 15.6. The molecule has 6 nitrogen and oxygen atoms in total. The minimum Gasteiger partial charge on any atom is -0.366 e. The van der Waals surface area contributed by atoms with Crippen molar-refractivity contribution < 1.29 is 0 Å². The minimum absolute atomic E-state index is 0.338. The van der Waals surface area contributed by atoms with Crippen molar-refractivity contribution in [2.75, 3.05) is 5.32 Å². The van der Waals surface area contributed by atoms with Crippen LogP contribution in [0.15, 0.2) is 42.6 Å². The maximum atomic E-state index is 8.94. The first-order valence-electron chi connectivity index (χ1n) is 8.60. The molecule has 0 saturated heterocycles. The summed E-state index contributed by atoms with van der Waals surface area (Å²) in [7, 11) is 0. The summed E-state index contributed by atoms with van der Waals surface area (Å²) < 4.78 is 1.85. The van der Waals surface area contributed by atoms with Crippen LogP contribution in [-0.2, 0) is 0 Å². The van der Waals surface area contributed by atoms with Crippen LogP contribution in [-0.4, -0.2) is 26.7 Å². The molecule has 1 aliphatic rings. The molecular formula is C19H20N6. The van der Waals surface area contributed by atoms with Crippen LogP contribution < -0.4 is 11.1 Å². The lowest BCUT2D eigenvalue weighted by Crippen LogP contribution is -2.33. The number of fused-ring (bicyclic) bond motifs is 1. The minimum atomic E-state index is 0.338. The molecule has 126 valence electrons. The molecule has 0 atom stereocenters. The Balaban J connectivity index is 1.62. The summed E-state index contributed by atoms with van der Waals surface area (Å²) in [5, 5.41) is 17.2. The number of aromatic nitrogens is 3. The summed E-state index contributed by atoms with van der Waals surface area (Å²) >= 11 is 0. The van der Waals surface area contributed by atoms with Gasteiger partial charge in [-0.2, -0.15) is 5.26 Å². The van der Waals surface area contributed by atoms with Crippen LogP contribution in [0.2, 0.25) is 0 Å². The third-order valence-electron chi connectivity index (χ3n) is 4.80. The normalized spacial score (nSPS) is 20.3. The van der Waals surface area contributed by atoms with Gasteiger partial charge in [0.05, 0.1) is 23.5 Å². The number of nitriles is 1. The van der Waals surface area contributed by atoms with E-state index in [0.29, 0.717) is 17.6 Å². The van der Waals surface area contributed by atoms with E-state index in [1.165, 1.54) is 0 Å². The molecule has 2 heterocycles. The molecule has 25 heavy (non-hydrogen) atoms. The van der Waals surface area contributed by atoms with Gasteiger partial charge in [-0.05, 0) is 49.9 Å². The Kier molecular flexibility index (Phi) is 4.08. The first-order valence-corrected chi connectivity index (χ1v) is 8.60. The van der Waals surface area contributed by atoms with Gasteiger partial charge in [0.1, 0.15) is 5.82 Å². The molecule has 0 spiro atoms. The van der Waals surface area contributed by atoms with E-state index in [0.717, 1.165) is 48.4 Å². The van der Waals surface area contributed by atoms with Crippen LogP contribution in [0.5, 0.6) is 0 Å². The second-order valence-corrected chi connectivity index (χ2v) is 6.58. The molecule has 4 rings (SSSR count). The highest BCUT2D eigenvalue weighted by Crippen LogP contribution is 2.23. The summed E-state index contributed by atoms with van der Waals surface area (Å²) in [6, 6.07) is 14.3. The van der Waals surface area contributed by atoms with Gasteiger partial charge in [-0.25, -0.2) is 9.50 Å². The highest BCUT2D eigenvalue weighted by atomic mass is 15.3. The molecule has 0 radical (unpaired) electrons. The lowest BCUT2D eigenvalue weighted by molar-refractivity contribution is 0.410. The molecule has 3 aromatic rings. The van der Waals surface area contributed by atoms with Crippen molar-refractivity contribution in [3.05, 3.63) is 48.2 Å². The van der Waals surface area contributed by atoms with Crippen LogP contribution in [0.3, 0.4) is 0 Å². The SMILES string of the molecule is N#Cc1ccc(-c2cnc3ccc(NC4CCC(N)CC4)nn23)cc1. The fraction of sp³-hybridized carbons (Fsp3) is 0.316. The summed E-state index contributed by atoms with van der Waals surface area (Å²) in [5.74, 6) is 0.848. The van der Waals surface area contributed by atoms with Gasteiger partial charge in [0.15, 0.2) is 5.65 Å². The third-order valence-corrected chi connectivity index (χ3v) is 4.80. The predicted octanol–water partition coefficient (Wildman–Crippen LogP) is 2.95. The molecular weight excluding hydrogens is 312 g/mol. The van der Waals surface area contributed by atoms with E-state index >= 15 is 0 Å². The monoisotopic (exact) mass is 332 g/mol. The van der Waals surface area contributed by atoms with E-state index in [2.05, 4.69) is 16.4 Å². The Morgan fingerprint density at radius 3 is 2.56 bits per heavy atom. The number of anilines is 1. The lowest BCUT2D eigenvalue weighted by Gasteiger charge is -2.27. The first-order chi connectivity index (χ1) is 12.2. The lowest BCUT2D eigenvalue weighted by atomic mass is 9.92. The van der Waals surface area contributed by atoms with Crippen molar-refractivity contribution in [1.82, 2.24) is 14.6 Å². The number of imidazole rings is 1. The molecule has 1 aliphatic carbocycles. The predicted molar refractivity (Wildman–Crippen MR) is 97.0 cm³/mol. The molecule has 2 aromatic heterocycles. The quantitative estimate of drug-likeness (QED) is 0.769. The zero-order valence-corrected chi connectivity index (χ0v) is 13.9. The van der Waals surface area contributed by atoms with E-state index < -0.39 is 0 Å². The van der Waals surface area contributed by atoms with Gasteiger partial charge < -0.3 is 11.1 Å². The number of benzene rings is 1. The maximum absolute atomic E-state index is 8.94. The highest BCUT2D eigenvalue weighted by Gasteiger charge is 2.19. The van der Waals surface area contributed by atoms with Gasteiger partial charge in [0.25, 0.3) is 0 Å². The summed E-state index contributed by atoms with van der Waals surface area (Å²) in [4.78, 5) is 4.43. The van der Waals surface area contributed by atoms with Gasteiger partial charge in [-0.1, -0.05) is 12.1 Å². The number of nitrogens with one attached hydrogen (secondary N) is 1. The molecule has 0 aliphatic heterocycles. The number of hydrogen-bond donors (Lipinski definition) is 2. The van der Waals surface area contributed by atoms with Crippen LogP contribution in [0.4, 0.5) is 5.82 Å². The fourth-order valence-electron chi connectivity index (χ4n) is 3.34. The van der Waals surface area contributed by atoms with Gasteiger partial charge in [-0.15, -0.1) is 5.10 Å². The van der Waals surface area contributed by atoms with Crippen molar-refractivity contribution in [1.29, 1.82) is 5.26 Å². The number of hydrogen-bond acceptors (Lipinski definition) is 5. The van der Waals surface area contributed by atoms with E-state index in [4.69, 9.17) is 16.1 Å². The average Bonchev–Trinajstić information content (AvgIpc) is 3.07. The topological polar surface area (TPSA) is 92.0 Å². The largest absolute Gasteiger partial charge is 0.366 e. The molecule has 0 amide bonds. The van der Waals surface area contributed by atoms with E-state index in [9.17, 15) is 0 Å². The Morgan fingerprint density at radius 1 is 1.08 bits per heavy atom. The Hall–Kier alpha value is -2.91. The van der Waals surface area contributed by atoms with Crippen LogP contribution in [0.25, 0.3) is 16.9 Å². The molecule has 6 heteroatoms. The van der Waals surface area contributed by atoms with Crippen molar-refractivity contribution in [3.8, 4) is 17.3 Å². The van der Waals surface area contributed by atoms with E-state index in [1.54, 1.807) is 0 Å². The molecule has 1 saturated carbocycles. The van der Waals surface area contributed by atoms with E-state index in [1.807, 2.05) is 47.1 Å². The zero-order valence-electron chi connectivity index (χ0n) is 13.9. The van der Waals surface area contributed by atoms with Crippen molar-refractivity contribution in [2.45, 2.75) is 37.8 Å². The summed E-state index contributed by atoms with van der Waals surface area (Å²) in [6.07, 6.45) is 6.08. The van der Waals surface area contributed by atoms with Crippen molar-refractivity contribution in [2.24, 2.45) is 5.73 Å². The summed E-state index contributed by atoms with van der Waals surface area (Å²) in [5.41, 5.74) is 9.32. The molecule has 3 N–H and O–H groups in total. The Labute approximate surface area is 146 Å². The van der Waals surface area contributed by atoms with Gasteiger partial charge in [0, 0.05) is 17.6 Å². The smallest absolute Gasteiger partial charge is 0.154 e. The number of rotatable bonds is 3. The fourth-order valence-corrected chi connectivity index (χ4v) is 3.34. The second-order valence-electron chi connectivity index (χ2n) is 6.58. The molecule has 1 fully saturated rings. The number of nitrogens with zero attached hydrogens (tertiary/aromatic N) is 4. The van der Waals surface area contributed by atoms with Crippen LogP contribution in [0, 0.1) is 11.3 Å². The molecule has 0 bridgehead atoms. The Morgan fingerprint density at radius 2 is 1.84 bits per heavy atom. The van der Waals surface area contributed by atoms with Crippen LogP contribution >= 0.6 is 0 Å².